The summed E-state index contributed by atoms with van der Waals surface area (Å²) in [6.45, 7) is 3.15. The molecule has 4 rings (SSSR count). The number of benzene rings is 2. The van der Waals surface area contributed by atoms with Gasteiger partial charge in [-0.2, -0.15) is 18.3 Å². The molecule has 4 nitrogen and oxygen atoms in total. The van der Waals surface area contributed by atoms with Gasteiger partial charge in [-0.1, -0.05) is 24.3 Å². The van der Waals surface area contributed by atoms with Gasteiger partial charge in [0.15, 0.2) is 0 Å². The Bertz CT molecular complexity index is 989. The fourth-order valence-corrected chi connectivity index (χ4v) is 3.90. The monoisotopic (exact) mass is 418 g/mol. The molecule has 1 unspecified atom stereocenters. The van der Waals surface area contributed by atoms with Crippen LogP contribution in [-0.4, -0.2) is 53.2 Å². The predicted octanol–water partition coefficient (Wildman–Crippen LogP) is 4.57. The molecule has 0 spiro atoms. The number of nitrogens with zero attached hydrogens (tertiary/aromatic N) is 3. The number of rotatable bonds is 4. The van der Waals surface area contributed by atoms with Crippen LogP contribution in [0.5, 0.6) is 0 Å². The number of aromatic nitrogens is 2. The molecule has 3 aromatic rings. The van der Waals surface area contributed by atoms with Crippen molar-refractivity contribution in [1.82, 2.24) is 20.0 Å². The van der Waals surface area contributed by atoms with E-state index in [9.17, 15) is 17.6 Å². The first kappa shape index (κ1) is 20.6. The molecule has 1 aromatic heterocycles. The second kappa shape index (κ2) is 8.20. The highest BCUT2D eigenvalue weighted by Gasteiger charge is 2.32. The molecule has 1 saturated heterocycles. The molecule has 0 saturated carbocycles. The zero-order chi connectivity index (χ0) is 21.3. The van der Waals surface area contributed by atoms with Gasteiger partial charge in [0.1, 0.15) is 5.82 Å². The first-order chi connectivity index (χ1) is 14.3. The van der Waals surface area contributed by atoms with E-state index in [-0.39, 0.29) is 11.9 Å². The second-order valence-corrected chi connectivity index (χ2v) is 7.54. The summed E-state index contributed by atoms with van der Waals surface area (Å²) >= 11 is 0. The fraction of sp³-hybridized carbons (Fsp3) is 0.318. The largest absolute Gasteiger partial charge is 0.416 e. The molecule has 0 bridgehead atoms. The van der Waals surface area contributed by atoms with Crippen molar-refractivity contribution in [3.63, 3.8) is 0 Å². The Morgan fingerprint density at radius 3 is 2.27 bits per heavy atom. The Balaban J connectivity index is 1.78. The summed E-state index contributed by atoms with van der Waals surface area (Å²) in [5, 5.41) is 7.03. The lowest BCUT2D eigenvalue weighted by molar-refractivity contribution is -0.137. The summed E-state index contributed by atoms with van der Waals surface area (Å²) in [4.78, 5) is 4.41. The molecule has 8 heteroatoms. The van der Waals surface area contributed by atoms with Gasteiger partial charge in [0.2, 0.25) is 0 Å². The van der Waals surface area contributed by atoms with E-state index < -0.39 is 11.7 Å². The minimum Gasteiger partial charge on any atom is -0.304 e. The maximum Gasteiger partial charge on any atom is 0.416 e. The summed E-state index contributed by atoms with van der Waals surface area (Å²) < 4.78 is 53.6. The van der Waals surface area contributed by atoms with Gasteiger partial charge in [0.25, 0.3) is 0 Å². The number of H-pyrrole nitrogens is 1. The minimum absolute atomic E-state index is 0.339. The lowest BCUT2D eigenvalue weighted by Crippen LogP contribution is -2.46. The Labute approximate surface area is 172 Å². The Morgan fingerprint density at radius 1 is 0.967 bits per heavy atom. The van der Waals surface area contributed by atoms with Crippen LogP contribution in [0.1, 0.15) is 22.7 Å². The highest BCUT2D eigenvalue weighted by atomic mass is 19.4. The first-order valence-electron chi connectivity index (χ1n) is 9.72. The van der Waals surface area contributed by atoms with Crippen LogP contribution in [0.25, 0.3) is 11.3 Å². The molecule has 1 N–H and O–H groups in total. The molecule has 1 atom stereocenters. The Kier molecular flexibility index (Phi) is 5.62. The van der Waals surface area contributed by atoms with Gasteiger partial charge in [-0.15, -0.1) is 0 Å². The second-order valence-electron chi connectivity index (χ2n) is 7.54. The summed E-state index contributed by atoms with van der Waals surface area (Å²) in [5.41, 5.74) is 1.69. The molecule has 2 heterocycles. The zero-order valence-electron chi connectivity index (χ0n) is 16.5. The average Bonchev–Trinajstić information content (AvgIpc) is 3.19. The van der Waals surface area contributed by atoms with Gasteiger partial charge in [0, 0.05) is 37.3 Å². The molecule has 158 valence electrons. The molecule has 1 aliphatic heterocycles. The smallest absolute Gasteiger partial charge is 0.304 e. The normalized spacial score (nSPS) is 17.2. The quantitative estimate of drug-likeness (QED) is 0.631. The Hall–Kier alpha value is -2.71. The standard InChI is InChI=1S/C22H22F4N4/c1-29-10-12-30(13-11-29)21(15-6-8-16(9-7-15)22(24,25)26)18-14-27-28-20(18)17-4-2-3-5-19(17)23/h2-9,14,21H,10-13H2,1H3,(H,27,28). The van der Waals surface area contributed by atoms with Crippen molar-refractivity contribution in [2.45, 2.75) is 12.2 Å². The van der Waals surface area contributed by atoms with Gasteiger partial charge in [-0.3, -0.25) is 10.00 Å². The average molecular weight is 418 g/mol. The summed E-state index contributed by atoms with van der Waals surface area (Å²) in [6.07, 6.45) is -2.75. The van der Waals surface area contributed by atoms with E-state index in [1.807, 2.05) is 7.05 Å². The van der Waals surface area contributed by atoms with Crippen LogP contribution in [0.3, 0.4) is 0 Å². The van der Waals surface area contributed by atoms with Gasteiger partial charge in [-0.05, 0) is 36.9 Å². The van der Waals surface area contributed by atoms with Crippen molar-refractivity contribution < 1.29 is 17.6 Å². The van der Waals surface area contributed by atoms with E-state index in [2.05, 4.69) is 20.0 Å². The van der Waals surface area contributed by atoms with E-state index in [0.29, 0.717) is 16.8 Å². The molecule has 0 aliphatic carbocycles. The number of nitrogens with one attached hydrogen (secondary N) is 1. The molecule has 0 radical (unpaired) electrons. The van der Waals surface area contributed by atoms with Gasteiger partial charge in [0.05, 0.1) is 23.5 Å². The number of halogens is 4. The SMILES string of the molecule is CN1CCN(C(c2ccc(C(F)(F)F)cc2)c2cn[nH]c2-c2ccccc2F)CC1. The van der Waals surface area contributed by atoms with Gasteiger partial charge >= 0.3 is 6.18 Å². The van der Waals surface area contributed by atoms with Crippen molar-refractivity contribution in [1.29, 1.82) is 0 Å². The number of hydrogen-bond acceptors (Lipinski definition) is 3. The Morgan fingerprint density at radius 2 is 1.63 bits per heavy atom. The molecule has 1 aliphatic rings. The zero-order valence-corrected chi connectivity index (χ0v) is 16.5. The maximum absolute atomic E-state index is 14.5. The highest BCUT2D eigenvalue weighted by molar-refractivity contribution is 5.65. The lowest BCUT2D eigenvalue weighted by atomic mass is 9.93. The summed E-state index contributed by atoms with van der Waals surface area (Å²) in [7, 11) is 2.03. The van der Waals surface area contributed by atoms with Crippen molar-refractivity contribution in [3.05, 3.63) is 77.2 Å². The minimum atomic E-state index is -4.39. The van der Waals surface area contributed by atoms with Crippen LogP contribution in [-0.2, 0) is 6.18 Å². The molecular weight excluding hydrogens is 396 g/mol. The first-order valence-corrected chi connectivity index (χ1v) is 9.72. The van der Waals surface area contributed by atoms with Crippen LogP contribution in [0, 0.1) is 5.82 Å². The molecule has 0 amide bonds. The van der Waals surface area contributed by atoms with Gasteiger partial charge < -0.3 is 4.90 Å². The van der Waals surface area contributed by atoms with Crippen LogP contribution in [0.2, 0.25) is 0 Å². The van der Waals surface area contributed by atoms with Gasteiger partial charge in [-0.25, -0.2) is 4.39 Å². The van der Waals surface area contributed by atoms with Crippen molar-refractivity contribution in [2.24, 2.45) is 0 Å². The third kappa shape index (κ3) is 4.11. The number of aromatic amines is 1. The third-order valence-electron chi connectivity index (χ3n) is 5.56. The topological polar surface area (TPSA) is 35.2 Å². The van der Waals surface area contributed by atoms with Crippen LogP contribution >= 0.6 is 0 Å². The maximum atomic E-state index is 14.5. The van der Waals surface area contributed by atoms with Crippen LogP contribution in [0.4, 0.5) is 17.6 Å². The van der Waals surface area contributed by atoms with Crippen molar-refractivity contribution in [3.8, 4) is 11.3 Å². The number of likely N-dealkylation sites (N-methyl/N-ethyl adjacent to an activating group) is 1. The number of alkyl halides is 3. The van der Waals surface area contributed by atoms with Crippen molar-refractivity contribution in [2.75, 3.05) is 33.2 Å². The van der Waals surface area contributed by atoms with E-state index in [0.717, 1.165) is 43.9 Å². The van der Waals surface area contributed by atoms with E-state index in [4.69, 9.17) is 0 Å². The summed E-state index contributed by atoms with van der Waals surface area (Å²) in [5.74, 6) is -0.382. The number of hydrogen-bond donors (Lipinski definition) is 1. The van der Waals surface area contributed by atoms with Crippen LogP contribution in [0.15, 0.2) is 54.7 Å². The van der Waals surface area contributed by atoms with Crippen LogP contribution < -0.4 is 0 Å². The van der Waals surface area contributed by atoms with E-state index in [1.165, 1.54) is 18.2 Å². The fourth-order valence-electron chi connectivity index (χ4n) is 3.90. The molecule has 2 aromatic carbocycles. The van der Waals surface area contributed by atoms with Crippen molar-refractivity contribution >= 4 is 0 Å². The van der Waals surface area contributed by atoms with E-state index >= 15 is 0 Å². The molecular formula is C22H22F4N4. The lowest BCUT2D eigenvalue weighted by Gasteiger charge is -2.38. The highest BCUT2D eigenvalue weighted by Crippen LogP contribution is 2.37. The number of piperazine rings is 1. The predicted molar refractivity (Wildman–Crippen MR) is 106 cm³/mol. The molecule has 1 fully saturated rings. The third-order valence-corrected chi connectivity index (χ3v) is 5.56. The molecule has 30 heavy (non-hydrogen) atoms. The summed E-state index contributed by atoms with van der Waals surface area (Å²) in [6, 6.07) is 11.3. The van der Waals surface area contributed by atoms with E-state index in [1.54, 1.807) is 24.4 Å².